The van der Waals surface area contributed by atoms with Crippen LogP contribution in [0, 0.1) is 10.8 Å². The Labute approximate surface area is 150 Å². The highest BCUT2D eigenvalue weighted by Crippen LogP contribution is 2.56. The maximum absolute atomic E-state index is 12.8. The molecule has 128 valence electrons. The Kier molecular flexibility index (Phi) is 9.59. The molecule has 0 aromatic heterocycles. The number of alkyl halides is 3. The molecule has 0 N–H and O–H groups in total. The molecule has 2 atom stereocenters. The van der Waals surface area contributed by atoms with Gasteiger partial charge in [0.2, 0.25) is 0 Å². The van der Waals surface area contributed by atoms with Crippen LogP contribution in [-0.2, 0) is 18.1 Å². The second kappa shape index (κ2) is 9.00. The fourth-order valence-corrected chi connectivity index (χ4v) is 3.81. The van der Waals surface area contributed by atoms with Crippen molar-refractivity contribution in [3.8, 4) is 0 Å². The van der Waals surface area contributed by atoms with Gasteiger partial charge in [-0.3, -0.25) is 13.6 Å². The third kappa shape index (κ3) is 9.29. The first-order valence-electron chi connectivity index (χ1n) is 6.77. The summed E-state index contributed by atoms with van der Waals surface area (Å²) < 4.78 is 29.3. The summed E-state index contributed by atoms with van der Waals surface area (Å²) in [6.07, 6.45) is 0.573. The van der Waals surface area contributed by atoms with Crippen molar-refractivity contribution in [1.82, 2.24) is 0 Å². The fourth-order valence-electron chi connectivity index (χ4n) is 0.860. The van der Waals surface area contributed by atoms with Gasteiger partial charge in [0.1, 0.15) is 10.0 Å². The van der Waals surface area contributed by atoms with Crippen LogP contribution in [0.25, 0.3) is 0 Å². The number of rotatable bonds is 8. The average Bonchev–Trinajstić information content (AvgIpc) is 2.26. The molecule has 0 aliphatic carbocycles. The Bertz CT molecular complexity index is 329. The monoisotopic (exact) mass is 470 g/mol. The summed E-state index contributed by atoms with van der Waals surface area (Å²) in [5.41, 5.74) is -0.503. The van der Waals surface area contributed by atoms with Crippen LogP contribution >= 0.6 is 51.3 Å². The van der Waals surface area contributed by atoms with E-state index < -0.39 is 17.8 Å². The first-order chi connectivity index (χ1) is 9.32. The lowest BCUT2D eigenvalue weighted by atomic mass is 9.99. The van der Waals surface area contributed by atoms with Gasteiger partial charge >= 0.3 is 7.82 Å². The molecule has 0 rings (SSSR count). The van der Waals surface area contributed by atoms with Crippen LogP contribution in [0.1, 0.15) is 48.0 Å². The topological polar surface area (TPSA) is 44.8 Å². The van der Waals surface area contributed by atoms with E-state index in [1.54, 1.807) is 0 Å². The molecule has 2 unspecified atom stereocenters. The summed E-state index contributed by atoms with van der Waals surface area (Å²) in [6, 6.07) is 0. The lowest BCUT2D eigenvalue weighted by Gasteiger charge is -2.32. The molecule has 0 spiro atoms. The van der Waals surface area contributed by atoms with Gasteiger partial charge in [0.05, 0.1) is 6.61 Å². The van der Waals surface area contributed by atoms with Crippen LogP contribution in [0.2, 0.25) is 0 Å². The van der Waals surface area contributed by atoms with Crippen molar-refractivity contribution in [3.05, 3.63) is 0 Å². The standard InChI is InChI=1S/C13H26Br2ClO4P/c1-12(2,3)10(14)19-21(17,18-9-7-8-16)20-11(15)13(4,5)6/h10-11H,7-9H2,1-6H3. The van der Waals surface area contributed by atoms with Gasteiger partial charge in [-0.05, 0) is 17.3 Å². The van der Waals surface area contributed by atoms with Gasteiger partial charge in [-0.15, -0.1) is 11.6 Å². The van der Waals surface area contributed by atoms with Crippen molar-refractivity contribution in [2.45, 2.75) is 58.0 Å². The first-order valence-corrected chi connectivity index (χ1v) is 10.6. The van der Waals surface area contributed by atoms with Crippen molar-refractivity contribution >= 4 is 51.3 Å². The average molecular weight is 473 g/mol. The van der Waals surface area contributed by atoms with Crippen molar-refractivity contribution in [1.29, 1.82) is 0 Å². The maximum atomic E-state index is 12.8. The minimum Gasteiger partial charge on any atom is -0.287 e. The molecule has 0 aliphatic rings. The zero-order valence-corrected chi connectivity index (χ0v) is 18.3. The van der Waals surface area contributed by atoms with Crippen LogP contribution < -0.4 is 0 Å². The highest BCUT2D eigenvalue weighted by Gasteiger charge is 2.39. The van der Waals surface area contributed by atoms with Crippen molar-refractivity contribution in [2.24, 2.45) is 10.8 Å². The lowest BCUT2D eigenvalue weighted by Crippen LogP contribution is -2.27. The summed E-state index contributed by atoms with van der Waals surface area (Å²) in [5, 5.41) is -0.932. The molecule has 0 saturated heterocycles. The molecule has 8 heteroatoms. The van der Waals surface area contributed by atoms with E-state index in [9.17, 15) is 4.57 Å². The van der Waals surface area contributed by atoms with Gasteiger partial charge in [-0.25, -0.2) is 4.57 Å². The third-order valence-electron chi connectivity index (χ3n) is 2.33. The Balaban J connectivity index is 4.97. The predicted molar refractivity (Wildman–Crippen MR) is 95.4 cm³/mol. The molecule has 0 radical (unpaired) electrons. The van der Waals surface area contributed by atoms with Crippen LogP contribution in [0.4, 0.5) is 0 Å². The molecule has 4 nitrogen and oxygen atoms in total. The highest BCUT2D eigenvalue weighted by atomic mass is 79.9. The molecule has 0 fully saturated rings. The normalized spacial score (nSPS) is 19.1. The number of phosphoric ester groups is 1. The second-order valence-electron chi connectivity index (χ2n) is 6.90. The van der Waals surface area contributed by atoms with Gasteiger partial charge in [-0.2, -0.15) is 0 Å². The van der Waals surface area contributed by atoms with E-state index in [2.05, 4.69) is 31.9 Å². The predicted octanol–water partition coefficient (Wildman–Crippen LogP) is 6.31. The summed E-state index contributed by atoms with van der Waals surface area (Å²) >= 11 is 12.4. The van der Waals surface area contributed by atoms with E-state index in [0.29, 0.717) is 12.3 Å². The molecule has 0 saturated carbocycles. The minimum atomic E-state index is -3.71. The van der Waals surface area contributed by atoms with E-state index in [1.807, 2.05) is 41.5 Å². The summed E-state index contributed by atoms with van der Waals surface area (Å²) in [6.45, 7) is 12.0. The summed E-state index contributed by atoms with van der Waals surface area (Å²) in [5.74, 6) is 0.425. The van der Waals surface area contributed by atoms with Gasteiger partial charge in [-0.1, -0.05) is 73.4 Å². The lowest BCUT2D eigenvalue weighted by molar-refractivity contribution is 0.0476. The largest absolute Gasteiger partial charge is 0.477 e. The molecule has 0 heterocycles. The molecule has 0 aromatic carbocycles. The van der Waals surface area contributed by atoms with Crippen molar-refractivity contribution in [3.63, 3.8) is 0 Å². The Morgan fingerprint density at radius 2 is 1.38 bits per heavy atom. The smallest absolute Gasteiger partial charge is 0.287 e. The Morgan fingerprint density at radius 1 is 1.00 bits per heavy atom. The van der Waals surface area contributed by atoms with Gasteiger partial charge in [0.15, 0.2) is 0 Å². The number of halogens is 3. The molecule has 0 bridgehead atoms. The summed E-state index contributed by atoms with van der Waals surface area (Å²) in [4.78, 5) is 0. The van der Waals surface area contributed by atoms with Crippen molar-refractivity contribution < 1.29 is 18.1 Å². The van der Waals surface area contributed by atoms with Crippen molar-refractivity contribution in [2.75, 3.05) is 12.5 Å². The Hall–Kier alpha value is 1.36. The highest BCUT2D eigenvalue weighted by molar-refractivity contribution is 9.09. The van der Waals surface area contributed by atoms with E-state index in [-0.39, 0.29) is 17.4 Å². The van der Waals surface area contributed by atoms with Crippen LogP contribution in [0.3, 0.4) is 0 Å². The second-order valence-corrected chi connectivity index (χ2v) is 10.5. The number of phosphoric acid groups is 1. The first kappa shape index (κ1) is 22.4. The summed E-state index contributed by atoms with van der Waals surface area (Å²) in [7, 11) is -3.71. The molecule has 0 aliphatic heterocycles. The van der Waals surface area contributed by atoms with Gasteiger partial charge in [0, 0.05) is 5.88 Å². The van der Waals surface area contributed by atoms with E-state index in [0.717, 1.165) is 0 Å². The third-order valence-corrected chi connectivity index (χ3v) is 7.74. The molecule has 21 heavy (non-hydrogen) atoms. The fraction of sp³-hybridized carbons (Fsp3) is 1.00. The molecule has 0 amide bonds. The SMILES string of the molecule is CC(C)(C)C(Br)OP(=O)(OCCCCl)OC(Br)C(C)(C)C. The minimum absolute atomic E-state index is 0.217. The van der Waals surface area contributed by atoms with Gasteiger partial charge in [0.25, 0.3) is 0 Å². The quantitative estimate of drug-likeness (QED) is 0.236. The van der Waals surface area contributed by atoms with Crippen LogP contribution in [-0.4, -0.2) is 22.5 Å². The molecular weight excluding hydrogens is 446 g/mol. The molecule has 0 aromatic rings. The molecular formula is C13H26Br2ClO4P. The maximum Gasteiger partial charge on any atom is 0.477 e. The van der Waals surface area contributed by atoms with E-state index in [4.69, 9.17) is 25.2 Å². The Morgan fingerprint density at radius 3 is 1.67 bits per heavy atom. The van der Waals surface area contributed by atoms with E-state index in [1.165, 1.54) is 0 Å². The zero-order valence-electron chi connectivity index (χ0n) is 13.5. The number of hydrogen-bond donors (Lipinski definition) is 0. The van der Waals surface area contributed by atoms with Gasteiger partial charge < -0.3 is 0 Å². The van der Waals surface area contributed by atoms with E-state index >= 15 is 0 Å². The van der Waals surface area contributed by atoms with Crippen LogP contribution in [0.15, 0.2) is 0 Å². The number of hydrogen-bond acceptors (Lipinski definition) is 4. The zero-order chi connectivity index (χ0) is 16.9. The van der Waals surface area contributed by atoms with Crippen LogP contribution in [0.5, 0.6) is 0 Å².